The number of aromatic nitrogens is 4. The van der Waals surface area contributed by atoms with Gasteiger partial charge in [0.25, 0.3) is 0 Å². The van der Waals surface area contributed by atoms with Gasteiger partial charge in [-0.25, -0.2) is 9.50 Å². The molecule has 1 saturated heterocycles. The van der Waals surface area contributed by atoms with Gasteiger partial charge in [0.2, 0.25) is 0 Å². The fourth-order valence-electron chi connectivity index (χ4n) is 5.47. The van der Waals surface area contributed by atoms with Gasteiger partial charge in [-0.15, -0.1) is 0 Å². The van der Waals surface area contributed by atoms with Crippen molar-refractivity contribution in [2.24, 2.45) is 4.99 Å². The summed E-state index contributed by atoms with van der Waals surface area (Å²) in [7, 11) is 0. The van der Waals surface area contributed by atoms with Crippen molar-refractivity contribution in [2.45, 2.75) is 38.5 Å². The van der Waals surface area contributed by atoms with E-state index in [-0.39, 0.29) is 0 Å². The van der Waals surface area contributed by atoms with Crippen molar-refractivity contribution in [3.63, 3.8) is 0 Å². The van der Waals surface area contributed by atoms with E-state index in [0.29, 0.717) is 11.8 Å². The van der Waals surface area contributed by atoms with Crippen LogP contribution in [0.25, 0.3) is 27.8 Å². The number of hydrogen-bond donors (Lipinski definition) is 1. The van der Waals surface area contributed by atoms with Crippen molar-refractivity contribution in [3.8, 4) is 11.3 Å². The number of fused-ring (bicyclic) bond motifs is 2. The molecule has 1 fully saturated rings. The Hall–Kier alpha value is -3.25. The zero-order chi connectivity index (χ0) is 22.4. The van der Waals surface area contributed by atoms with E-state index in [1.807, 2.05) is 16.8 Å². The number of likely N-dealkylation sites (tertiary alicyclic amines) is 1. The molecule has 0 unspecified atom stereocenters. The van der Waals surface area contributed by atoms with Gasteiger partial charge in [-0.05, 0) is 84.8 Å². The second kappa shape index (κ2) is 8.27. The zero-order valence-electron chi connectivity index (χ0n) is 19.3. The van der Waals surface area contributed by atoms with Crippen LogP contribution in [-0.4, -0.2) is 56.9 Å². The third-order valence-corrected chi connectivity index (χ3v) is 7.20. The van der Waals surface area contributed by atoms with E-state index >= 15 is 0 Å². The fraction of sp³-hybridized carbons (Fsp3) is 0.370. The highest BCUT2D eigenvalue weighted by molar-refractivity contribution is 5.92. The number of nitrogens with one attached hydrogen (secondary N) is 1. The lowest BCUT2D eigenvalue weighted by atomic mass is 9.87. The highest BCUT2D eigenvalue weighted by Gasteiger charge is 2.23. The Morgan fingerprint density at radius 2 is 2.00 bits per heavy atom. The van der Waals surface area contributed by atoms with Crippen LogP contribution in [-0.2, 0) is 0 Å². The lowest BCUT2D eigenvalue weighted by Gasteiger charge is -2.32. The Kier molecular flexibility index (Phi) is 5.10. The predicted octanol–water partition coefficient (Wildman–Crippen LogP) is 5.19. The molecule has 3 aromatic heterocycles. The first kappa shape index (κ1) is 20.4. The summed E-state index contributed by atoms with van der Waals surface area (Å²) in [6.07, 6.45) is 10.2. The zero-order valence-corrected chi connectivity index (χ0v) is 19.3. The van der Waals surface area contributed by atoms with Crippen LogP contribution in [0.15, 0.2) is 59.5 Å². The minimum atomic E-state index is 0.416. The van der Waals surface area contributed by atoms with Crippen LogP contribution >= 0.6 is 0 Å². The molecule has 0 aliphatic carbocycles. The molecule has 1 aromatic carbocycles. The van der Waals surface area contributed by atoms with Crippen molar-refractivity contribution in [1.29, 1.82) is 0 Å². The number of H-pyrrole nitrogens is 1. The van der Waals surface area contributed by atoms with Gasteiger partial charge in [0.05, 0.1) is 12.2 Å². The van der Waals surface area contributed by atoms with Crippen LogP contribution in [0.2, 0.25) is 0 Å². The van der Waals surface area contributed by atoms with Gasteiger partial charge in [0, 0.05) is 35.4 Å². The van der Waals surface area contributed by atoms with E-state index in [0.717, 1.165) is 37.4 Å². The van der Waals surface area contributed by atoms with Gasteiger partial charge in [0.15, 0.2) is 5.65 Å². The number of piperidine rings is 1. The maximum Gasteiger partial charge on any atom is 0.155 e. The van der Waals surface area contributed by atoms with Crippen LogP contribution < -0.4 is 0 Å². The number of rotatable bonds is 5. The first-order chi connectivity index (χ1) is 16.2. The topological polar surface area (TPSA) is 61.6 Å². The monoisotopic (exact) mass is 438 g/mol. The predicted molar refractivity (Wildman–Crippen MR) is 134 cm³/mol. The van der Waals surface area contributed by atoms with Gasteiger partial charge >= 0.3 is 0 Å². The Balaban J connectivity index is 1.29. The maximum atomic E-state index is 4.32. The third kappa shape index (κ3) is 3.78. The first-order valence-electron chi connectivity index (χ1n) is 12.0. The molecule has 33 heavy (non-hydrogen) atoms. The van der Waals surface area contributed by atoms with E-state index in [2.05, 4.69) is 75.3 Å². The summed E-state index contributed by atoms with van der Waals surface area (Å²) < 4.78 is 1.85. The van der Waals surface area contributed by atoms with Crippen LogP contribution in [0.1, 0.15) is 49.7 Å². The van der Waals surface area contributed by atoms with Crippen LogP contribution in [0.4, 0.5) is 0 Å². The minimum absolute atomic E-state index is 0.416. The van der Waals surface area contributed by atoms with E-state index in [4.69, 9.17) is 0 Å². The number of aliphatic imine (C=N–C) groups is 1. The number of benzene rings is 1. The molecule has 0 atom stereocenters. The second-order valence-corrected chi connectivity index (χ2v) is 9.72. The number of aromatic amines is 1. The molecule has 6 nitrogen and oxygen atoms in total. The summed E-state index contributed by atoms with van der Waals surface area (Å²) in [5, 5.41) is 5.68. The normalized spacial score (nSPS) is 17.6. The molecule has 5 heterocycles. The molecular weight excluding hydrogens is 408 g/mol. The van der Waals surface area contributed by atoms with Crippen molar-refractivity contribution in [1.82, 2.24) is 24.5 Å². The molecule has 2 aliphatic rings. The summed E-state index contributed by atoms with van der Waals surface area (Å²) >= 11 is 0. The largest absolute Gasteiger partial charge is 0.354 e. The highest BCUT2D eigenvalue weighted by Crippen LogP contribution is 2.38. The molecule has 0 spiro atoms. The van der Waals surface area contributed by atoms with Crippen LogP contribution in [0.5, 0.6) is 0 Å². The van der Waals surface area contributed by atoms with Crippen molar-refractivity contribution >= 4 is 22.8 Å². The minimum Gasteiger partial charge on any atom is -0.354 e. The average molecular weight is 439 g/mol. The lowest BCUT2D eigenvalue weighted by Crippen LogP contribution is -2.34. The van der Waals surface area contributed by atoms with Crippen LogP contribution in [0, 0.1) is 0 Å². The third-order valence-electron chi connectivity index (χ3n) is 7.20. The molecule has 6 heteroatoms. The van der Waals surface area contributed by atoms with Gasteiger partial charge in [-0.3, -0.25) is 9.89 Å². The highest BCUT2D eigenvalue weighted by atomic mass is 15.3. The van der Waals surface area contributed by atoms with Gasteiger partial charge in [-0.2, -0.15) is 5.10 Å². The Morgan fingerprint density at radius 3 is 2.79 bits per heavy atom. The number of nitrogens with zero attached hydrogens (tertiary/aromatic N) is 5. The summed E-state index contributed by atoms with van der Waals surface area (Å²) in [4.78, 5) is 14.9. The fourth-order valence-corrected chi connectivity index (χ4v) is 5.47. The summed E-state index contributed by atoms with van der Waals surface area (Å²) in [5.41, 5.74) is 8.72. The molecule has 6 rings (SSSR count). The maximum absolute atomic E-state index is 4.32. The molecule has 0 saturated carbocycles. The Bertz CT molecular complexity index is 1360. The standard InChI is InChI=1S/C27H30N6/c1-18(2)26-23-13-21(20-8-11-32(12-9-20)15-19-7-10-28-14-19)3-5-24(23)31-27(26)22-4-6-25-29-17-30-33(25)16-22/h3-7,10,13,16-18,20,31H,8-9,11-12,14-15H2,1-2H3. The van der Waals surface area contributed by atoms with Gasteiger partial charge in [0.1, 0.15) is 6.33 Å². The van der Waals surface area contributed by atoms with E-state index in [1.165, 1.54) is 46.1 Å². The number of hydrogen-bond acceptors (Lipinski definition) is 4. The first-order valence-corrected chi connectivity index (χ1v) is 12.0. The van der Waals surface area contributed by atoms with E-state index in [9.17, 15) is 0 Å². The summed E-state index contributed by atoms with van der Waals surface area (Å²) in [6.45, 7) is 8.84. The molecule has 1 N–H and O–H groups in total. The molecule has 4 aromatic rings. The van der Waals surface area contributed by atoms with E-state index < -0.39 is 0 Å². The smallest absolute Gasteiger partial charge is 0.155 e. The summed E-state index contributed by atoms with van der Waals surface area (Å²) in [5.74, 6) is 1.04. The van der Waals surface area contributed by atoms with Gasteiger partial charge in [-0.1, -0.05) is 19.9 Å². The lowest BCUT2D eigenvalue weighted by molar-refractivity contribution is 0.228. The number of pyridine rings is 1. The van der Waals surface area contributed by atoms with Crippen molar-refractivity contribution in [3.05, 3.63) is 65.6 Å². The average Bonchev–Trinajstić information content (AvgIpc) is 3.58. The second-order valence-electron chi connectivity index (χ2n) is 9.72. The molecule has 0 amide bonds. The van der Waals surface area contributed by atoms with E-state index in [1.54, 1.807) is 6.33 Å². The quantitative estimate of drug-likeness (QED) is 0.466. The number of allylic oxidation sites excluding steroid dienone is 1. The Labute approximate surface area is 194 Å². The van der Waals surface area contributed by atoms with Crippen molar-refractivity contribution in [2.75, 3.05) is 26.2 Å². The molecule has 0 radical (unpaired) electrons. The SMILES string of the molecule is CC(C)c1c(-c2ccc3ncnn3c2)[nH]c2ccc(C3CCN(CC4=CC=NC4)CC3)cc12. The molecule has 168 valence electrons. The Morgan fingerprint density at radius 1 is 1.12 bits per heavy atom. The van der Waals surface area contributed by atoms with Crippen LogP contribution in [0.3, 0.4) is 0 Å². The van der Waals surface area contributed by atoms with Crippen molar-refractivity contribution < 1.29 is 0 Å². The molecular formula is C27H30N6. The molecule has 2 aliphatic heterocycles. The summed E-state index contributed by atoms with van der Waals surface area (Å²) in [6, 6.07) is 11.2. The van der Waals surface area contributed by atoms with Gasteiger partial charge < -0.3 is 4.98 Å². The molecule has 0 bridgehead atoms.